The van der Waals surface area contributed by atoms with Crippen LogP contribution in [0.4, 0.5) is 5.69 Å². The Kier molecular flexibility index (Phi) is 5.59. The number of hydrogen-bond acceptors (Lipinski definition) is 3. The first-order chi connectivity index (χ1) is 9.63. The molecule has 0 aliphatic carbocycles. The minimum absolute atomic E-state index is 0.0514. The zero-order valence-corrected chi connectivity index (χ0v) is 12.8. The van der Waals surface area contributed by atoms with Crippen molar-refractivity contribution in [1.82, 2.24) is 5.32 Å². The van der Waals surface area contributed by atoms with Crippen molar-refractivity contribution in [3.05, 3.63) is 51.7 Å². The summed E-state index contributed by atoms with van der Waals surface area (Å²) < 4.78 is 0. The van der Waals surface area contributed by atoms with E-state index in [9.17, 15) is 4.79 Å². The number of benzene rings is 1. The van der Waals surface area contributed by atoms with Crippen LogP contribution in [-0.2, 0) is 11.2 Å². The molecule has 2 aromatic rings. The Hall–Kier alpha value is -1.36. The van der Waals surface area contributed by atoms with Crippen LogP contribution in [0.3, 0.4) is 0 Å². The number of hydrogen-bond donors (Lipinski definition) is 2. The maximum Gasteiger partial charge on any atom is 0.238 e. The van der Waals surface area contributed by atoms with Gasteiger partial charge in [0.2, 0.25) is 5.91 Å². The van der Waals surface area contributed by atoms with E-state index in [-0.39, 0.29) is 11.9 Å². The standard InChI is InChI=1S/C15H17ClN2OS/c1-11(8-12-6-7-20-10-12)17-9-15(19)18-14-4-2-13(16)3-5-14/h2-7,10-11,17H,8-9H2,1H3,(H,18,19). The first kappa shape index (κ1) is 15.0. The van der Waals surface area contributed by atoms with Crippen LogP contribution in [0.15, 0.2) is 41.1 Å². The second-order valence-electron chi connectivity index (χ2n) is 4.67. The van der Waals surface area contributed by atoms with Crippen molar-refractivity contribution >= 4 is 34.5 Å². The molecule has 0 bridgehead atoms. The Morgan fingerprint density at radius 3 is 2.70 bits per heavy atom. The van der Waals surface area contributed by atoms with Crippen LogP contribution in [0.25, 0.3) is 0 Å². The first-order valence-corrected chi connectivity index (χ1v) is 7.75. The van der Waals surface area contributed by atoms with Crippen molar-refractivity contribution < 1.29 is 4.79 Å². The van der Waals surface area contributed by atoms with Gasteiger partial charge in [0.25, 0.3) is 0 Å². The maximum absolute atomic E-state index is 11.8. The molecule has 1 amide bonds. The lowest BCUT2D eigenvalue weighted by Gasteiger charge is -2.13. The molecule has 5 heteroatoms. The van der Waals surface area contributed by atoms with E-state index in [4.69, 9.17) is 11.6 Å². The van der Waals surface area contributed by atoms with Gasteiger partial charge in [-0.15, -0.1) is 0 Å². The summed E-state index contributed by atoms with van der Waals surface area (Å²) in [5, 5.41) is 10.9. The van der Waals surface area contributed by atoms with Gasteiger partial charge in [0.05, 0.1) is 6.54 Å². The summed E-state index contributed by atoms with van der Waals surface area (Å²) in [5.74, 6) is -0.0514. The van der Waals surface area contributed by atoms with Crippen LogP contribution < -0.4 is 10.6 Å². The normalized spacial score (nSPS) is 12.1. The van der Waals surface area contributed by atoms with Crippen LogP contribution in [0.5, 0.6) is 0 Å². The summed E-state index contributed by atoms with van der Waals surface area (Å²) in [6, 6.07) is 9.45. The number of anilines is 1. The van der Waals surface area contributed by atoms with Gasteiger partial charge in [-0.3, -0.25) is 4.79 Å². The summed E-state index contributed by atoms with van der Waals surface area (Å²) >= 11 is 7.49. The summed E-state index contributed by atoms with van der Waals surface area (Å²) in [5.41, 5.74) is 2.06. The topological polar surface area (TPSA) is 41.1 Å². The molecule has 106 valence electrons. The summed E-state index contributed by atoms with van der Waals surface area (Å²) in [7, 11) is 0. The number of carbonyl (C=O) groups is 1. The highest BCUT2D eigenvalue weighted by Gasteiger charge is 2.07. The van der Waals surface area contributed by atoms with Gasteiger partial charge in [-0.25, -0.2) is 0 Å². The van der Waals surface area contributed by atoms with Gasteiger partial charge in [-0.05, 0) is 60.0 Å². The van der Waals surface area contributed by atoms with Gasteiger partial charge in [-0.1, -0.05) is 11.6 Å². The highest BCUT2D eigenvalue weighted by Crippen LogP contribution is 2.13. The van der Waals surface area contributed by atoms with Crippen molar-refractivity contribution in [2.45, 2.75) is 19.4 Å². The van der Waals surface area contributed by atoms with Crippen molar-refractivity contribution in [3.8, 4) is 0 Å². The molecule has 0 saturated heterocycles. The van der Waals surface area contributed by atoms with Crippen LogP contribution in [0, 0.1) is 0 Å². The molecule has 1 aromatic carbocycles. The fourth-order valence-corrected chi connectivity index (χ4v) is 2.65. The Bertz CT molecular complexity index is 540. The number of nitrogens with one attached hydrogen (secondary N) is 2. The third kappa shape index (κ3) is 4.96. The van der Waals surface area contributed by atoms with Crippen molar-refractivity contribution in [2.75, 3.05) is 11.9 Å². The molecular weight excluding hydrogens is 292 g/mol. The Morgan fingerprint density at radius 1 is 1.30 bits per heavy atom. The minimum atomic E-state index is -0.0514. The monoisotopic (exact) mass is 308 g/mol. The predicted molar refractivity (Wildman–Crippen MR) is 85.6 cm³/mol. The molecule has 3 nitrogen and oxygen atoms in total. The molecular formula is C15H17ClN2OS. The largest absolute Gasteiger partial charge is 0.325 e. The Balaban J connectivity index is 1.73. The van der Waals surface area contributed by atoms with E-state index in [1.807, 2.05) is 0 Å². The van der Waals surface area contributed by atoms with Gasteiger partial charge in [0, 0.05) is 16.8 Å². The number of amides is 1. The van der Waals surface area contributed by atoms with Gasteiger partial charge in [0.15, 0.2) is 0 Å². The van der Waals surface area contributed by atoms with E-state index in [1.165, 1.54) is 5.56 Å². The second kappa shape index (κ2) is 7.43. The van der Waals surface area contributed by atoms with E-state index >= 15 is 0 Å². The number of thiophene rings is 1. The molecule has 0 aliphatic heterocycles. The molecule has 0 spiro atoms. The van der Waals surface area contributed by atoms with Crippen LogP contribution >= 0.6 is 22.9 Å². The summed E-state index contributed by atoms with van der Waals surface area (Å²) in [6.07, 6.45) is 0.928. The van der Waals surface area contributed by atoms with Crippen LogP contribution in [0.1, 0.15) is 12.5 Å². The zero-order valence-electron chi connectivity index (χ0n) is 11.2. The quantitative estimate of drug-likeness (QED) is 0.856. The van der Waals surface area contributed by atoms with Crippen LogP contribution in [-0.4, -0.2) is 18.5 Å². The molecule has 0 fully saturated rings. The predicted octanol–water partition coefficient (Wildman–Crippen LogP) is 3.56. The molecule has 0 radical (unpaired) electrons. The molecule has 0 aliphatic rings. The van der Waals surface area contributed by atoms with E-state index in [2.05, 4.69) is 34.4 Å². The van der Waals surface area contributed by atoms with Gasteiger partial charge < -0.3 is 10.6 Å². The molecule has 1 atom stereocenters. The maximum atomic E-state index is 11.8. The fourth-order valence-electron chi connectivity index (χ4n) is 1.84. The number of halogens is 1. The second-order valence-corrected chi connectivity index (χ2v) is 5.89. The first-order valence-electron chi connectivity index (χ1n) is 6.43. The molecule has 1 heterocycles. The average Bonchev–Trinajstić information content (AvgIpc) is 2.92. The lowest BCUT2D eigenvalue weighted by atomic mass is 10.1. The highest BCUT2D eigenvalue weighted by molar-refractivity contribution is 7.07. The minimum Gasteiger partial charge on any atom is -0.325 e. The van der Waals surface area contributed by atoms with Gasteiger partial charge >= 0.3 is 0 Å². The van der Waals surface area contributed by atoms with E-state index in [1.54, 1.807) is 35.6 Å². The number of carbonyl (C=O) groups excluding carboxylic acids is 1. The molecule has 2 rings (SSSR count). The summed E-state index contributed by atoms with van der Waals surface area (Å²) in [6.45, 7) is 2.38. The van der Waals surface area contributed by atoms with Crippen molar-refractivity contribution in [1.29, 1.82) is 0 Å². The third-order valence-corrected chi connectivity index (χ3v) is 3.85. The highest BCUT2D eigenvalue weighted by atomic mass is 35.5. The van der Waals surface area contributed by atoms with Crippen molar-refractivity contribution in [3.63, 3.8) is 0 Å². The molecule has 0 saturated carbocycles. The van der Waals surface area contributed by atoms with E-state index in [0.717, 1.165) is 12.1 Å². The molecule has 20 heavy (non-hydrogen) atoms. The lowest BCUT2D eigenvalue weighted by Crippen LogP contribution is -2.35. The van der Waals surface area contributed by atoms with Gasteiger partial charge in [-0.2, -0.15) is 11.3 Å². The SMILES string of the molecule is CC(Cc1ccsc1)NCC(=O)Nc1ccc(Cl)cc1. The molecule has 1 unspecified atom stereocenters. The van der Waals surface area contributed by atoms with E-state index < -0.39 is 0 Å². The average molecular weight is 309 g/mol. The van der Waals surface area contributed by atoms with Crippen molar-refractivity contribution in [2.24, 2.45) is 0 Å². The third-order valence-electron chi connectivity index (χ3n) is 2.86. The fraction of sp³-hybridized carbons (Fsp3) is 0.267. The van der Waals surface area contributed by atoms with Gasteiger partial charge in [0.1, 0.15) is 0 Å². The number of rotatable bonds is 6. The Morgan fingerprint density at radius 2 is 2.05 bits per heavy atom. The summed E-state index contributed by atoms with van der Waals surface area (Å²) in [4.78, 5) is 11.8. The molecule has 2 N–H and O–H groups in total. The Labute approximate surface area is 128 Å². The zero-order chi connectivity index (χ0) is 14.4. The van der Waals surface area contributed by atoms with E-state index in [0.29, 0.717) is 11.6 Å². The molecule has 1 aromatic heterocycles. The smallest absolute Gasteiger partial charge is 0.238 e. The lowest BCUT2D eigenvalue weighted by molar-refractivity contribution is -0.115. The van der Waals surface area contributed by atoms with Crippen LogP contribution in [0.2, 0.25) is 5.02 Å².